The second-order valence-electron chi connectivity index (χ2n) is 5.16. The molecule has 0 aromatic carbocycles. The van der Waals surface area contributed by atoms with E-state index in [9.17, 15) is 4.79 Å². The molecule has 2 rings (SSSR count). The van der Waals surface area contributed by atoms with Crippen LogP contribution in [0.1, 0.15) is 33.1 Å². The van der Waals surface area contributed by atoms with Crippen LogP contribution in [0.2, 0.25) is 0 Å². The van der Waals surface area contributed by atoms with E-state index in [2.05, 4.69) is 19.2 Å². The number of nitrogens with one attached hydrogen (secondary N) is 1. The zero-order valence-electron chi connectivity index (χ0n) is 8.35. The van der Waals surface area contributed by atoms with Gasteiger partial charge < -0.3 is 10.1 Å². The van der Waals surface area contributed by atoms with Gasteiger partial charge in [0.2, 0.25) is 5.91 Å². The van der Waals surface area contributed by atoms with Gasteiger partial charge in [0, 0.05) is 0 Å². The summed E-state index contributed by atoms with van der Waals surface area (Å²) in [6, 6.07) is 0. The Bertz CT molecular complexity index is 237. The number of hydrogen-bond acceptors (Lipinski definition) is 2. The molecule has 2 aliphatic rings. The molecular weight excluding hydrogens is 166 g/mol. The van der Waals surface area contributed by atoms with Gasteiger partial charge in [-0.3, -0.25) is 4.79 Å². The first kappa shape index (κ1) is 9.00. The minimum Gasteiger partial charge on any atom is -0.369 e. The van der Waals surface area contributed by atoms with E-state index in [0.717, 1.165) is 12.8 Å². The van der Waals surface area contributed by atoms with Crippen LogP contribution in [-0.2, 0) is 9.53 Å². The Balaban J connectivity index is 2.09. The maximum Gasteiger partial charge on any atom is 0.246 e. The smallest absolute Gasteiger partial charge is 0.246 e. The molecule has 1 spiro atoms. The Hall–Kier alpha value is -0.570. The number of ether oxygens (including phenoxy) is 1. The lowest BCUT2D eigenvalue weighted by Gasteiger charge is -2.35. The molecular formula is C10H17NO2. The molecule has 1 atom stereocenters. The molecule has 0 radical (unpaired) electrons. The third kappa shape index (κ3) is 1.70. The van der Waals surface area contributed by atoms with Crippen molar-refractivity contribution in [1.82, 2.24) is 5.32 Å². The van der Waals surface area contributed by atoms with E-state index in [1.54, 1.807) is 0 Å². The Morgan fingerprint density at radius 1 is 1.38 bits per heavy atom. The molecule has 3 heteroatoms. The maximum atomic E-state index is 11.2. The Morgan fingerprint density at radius 2 is 2.15 bits per heavy atom. The number of morpholine rings is 1. The van der Waals surface area contributed by atoms with Crippen LogP contribution in [0.3, 0.4) is 0 Å². The Morgan fingerprint density at radius 3 is 2.69 bits per heavy atom. The average molecular weight is 183 g/mol. The standard InChI is InChI=1S/C10H17NO2/c1-9(2)3-4-10(6-9)7-13-5-8(12)11-10/h3-7H2,1-2H3,(H,11,12). The number of carbonyl (C=O) groups is 1. The topological polar surface area (TPSA) is 38.3 Å². The molecule has 0 aromatic rings. The van der Waals surface area contributed by atoms with Gasteiger partial charge in [0.05, 0.1) is 12.1 Å². The van der Waals surface area contributed by atoms with Gasteiger partial charge in [-0.2, -0.15) is 0 Å². The third-order valence-corrected chi connectivity index (χ3v) is 3.11. The van der Waals surface area contributed by atoms with Gasteiger partial charge in [0.25, 0.3) is 0 Å². The van der Waals surface area contributed by atoms with Gasteiger partial charge in [-0.25, -0.2) is 0 Å². The monoisotopic (exact) mass is 183 g/mol. The molecule has 1 N–H and O–H groups in total. The van der Waals surface area contributed by atoms with Gasteiger partial charge in [-0.15, -0.1) is 0 Å². The highest BCUT2D eigenvalue weighted by Crippen LogP contribution is 2.44. The second kappa shape index (κ2) is 2.71. The molecule has 2 fully saturated rings. The quantitative estimate of drug-likeness (QED) is 0.610. The summed E-state index contributed by atoms with van der Waals surface area (Å²) in [5, 5.41) is 3.08. The molecule has 1 amide bonds. The van der Waals surface area contributed by atoms with Gasteiger partial charge in [0.15, 0.2) is 0 Å². The van der Waals surface area contributed by atoms with Crippen molar-refractivity contribution in [3.63, 3.8) is 0 Å². The van der Waals surface area contributed by atoms with Crippen LogP contribution in [0.4, 0.5) is 0 Å². The summed E-state index contributed by atoms with van der Waals surface area (Å²) in [6.07, 6.45) is 3.29. The van der Waals surface area contributed by atoms with E-state index in [0.29, 0.717) is 12.0 Å². The van der Waals surface area contributed by atoms with E-state index in [4.69, 9.17) is 4.74 Å². The van der Waals surface area contributed by atoms with Gasteiger partial charge in [-0.05, 0) is 24.7 Å². The first-order chi connectivity index (χ1) is 6.02. The van der Waals surface area contributed by atoms with E-state index in [1.807, 2.05) is 0 Å². The highest BCUT2D eigenvalue weighted by molar-refractivity contribution is 5.78. The van der Waals surface area contributed by atoms with Crippen molar-refractivity contribution in [2.75, 3.05) is 13.2 Å². The summed E-state index contributed by atoms with van der Waals surface area (Å²) in [5.74, 6) is 0.0453. The molecule has 0 aromatic heterocycles. The van der Waals surface area contributed by atoms with Crippen molar-refractivity contribution in [3.8, 4) is 0 Å². The molecule has 74 valence electrons. The molecule has 1 aliphatic carbocycles. The maximum absolute atomic E-state index is 11.2. The van der Waals surface area contributed by atoms with Crippen molar-refractivity contribution < 1.29 is 9.53 Å². The van der Waals surface area contributed by atoms with Crippen LogP contribution < -0.4 is 5.32 Å². The predicted molar refractivity (Wildman–Crippen MR) is 49.3 cm³/mol. The fourth-order valence-electron chi connectivity index (χ4n) is 2.61. The molecule has 1 saturated carbocycles. The molecule has 13 heavy (non-hydrogen) atoms. The fourth-order valence-corrected chi connectivity index (χ4v) is 2.61. The summed E-state index contributed by atoms with van der Waals surface area (Å²) < 4.78 is 5.30. The van der Waals surface area contributed by atoms with Crippen LogP contribution in [-0.4, -0.2) is 24.7 Å². The minimum absolute atomic E-state index is 0.0428. The third-order valence-electron chi connectivity index (χ3n) is 3.11. The zero-order chi connectivity index (χ0) is 9.53. The minimum atomic E-state index is -0.0428. The lowest BCUT2D eigenvalue weighted by Crippen LogP contribution is -2.55. The van der Waals surface area contributed by atoms with Crippen molar-refractivity contribution >= 4 is 5.91 Å². The molecule has 1 aliphatic heterocycles. The van der Waals surface area contributed by atoms with Crippen molar-refractivity contribution in [2.45, 2.75) is 38.6 Å². The Labute approximate surface area is 78.8 Å². The first-order valence-electron chi connectivity index (χ1n) is 4.90. The van der Waals surface area contributed by atoms with Crippen LogP contribution in [0.25, 0.3) is 0 Å². The normalized spacial score (nSPS) is 37.8. The number of carbonyl (C=O) groups excluding carboxylic acids is 1. The predicted octanol–water partition coefficient (Wildman–Crippen LogP) is 1.08. The summed E-state index contributed by atoms with van der Waals surface area (Å²) in [4.78, 5) is 11.2. The molecule has 1 unspecified atom stereocenters. The van der Waals surface area contributed by atoms with E-state index >= 15 is 0 Å². The zero-order valence-corrected chi connectivity index (χ0v) is 8.35. The van der Waals surface area contributed by atoms with Crippen molar-refractivity contribution in [3.05, 3.63) is 0 Å². The summed E-state index contributed by atoms with van der Waals surface area (Å²) in [7, 11) is 0. The summed E-state index contributed by atoms with van der Waals surface area (Å²) >= 11 is 0. The summed E-state index contributed by atoms with van der Waals surface area (Å²) in [6.45, 7) is 5.44. The van der Waals surface area contributed by atoms with Crippen LogP contribution in [0.15, 0.2) is 0 Å². The molecule has 1 heterocycles. The molecule has 1 saturated heterocycles. The van der Waals surface area contributed by atoms with Crippen LogP contribution in [0, 0.1) is 5.41 Å². The number of rotatable bonds is 0. The molecule has 0 bridgehead atoms. The molecule has 3 nitrogen and oxygen atoms in total. The highest BCUT2D eigenvalue weighted by Gasteiger charge is 2.45. The first-order valence-corrected chi connectivity index (χ1v) is 4.90. The fraction of sp³-hybridized carbons (Fsp3) is 0.900. The van der Waals surface area contributed by atoms with Crippen molar-refractivity contribution in [2.24, 2.45) is 5.41 Å². The lowest BCUT2D eigenvalue weighted by molar-refractivity contribution is -0.135. The summed E-state index contributed by atoms with van der Waals surface area (Å²) in [5.41, 5.74) is 0.312. The highest BCUT2D eigenvalue weighted by atomic mass is 16.5. The van der Waals surface area contributed by atoms with Crippen LogP contribution in [0.5, 0.6) is 0 Å². The Kier molecular flexibility index (Phi) is 1.88. The largest absolute Gasteiger partial charge is 0.369 e. The second-order valence-corrected chi connectivity index (χ2v) is 5.16. The van der Waals surface area contributed by atoms with E-state index < -0.39 is 0 Å². The number of hydrogen-bond donors (Lipinski definition) is 1. The van der Waals surface area contributed by atoms with Gasteiger partial charge >= 0.3 is 0 Å². The van der Waals surface area contributed by atoms with E-state index in [1.165, 1.54) is 6.42 Å². The van der Waals surface area contributed by atoms with Gasteiger partial charge in [-0.1, -0.05) is 13.8 Å². The van der Waals surface area contributed by atoms with Crippen molar-refractivity contribution in [1.29, 1.82) is 0 Å². The SMILES string of the molecule is CC1(C)CCC2(COCC(=O)N2)C1. The number of amides is 1. The average Bonchev–Trinajstić information content (AvgIpc) is 2.26. The lowest BCUT2D eigenvalue weighted by atomic mass is 9.87. The van der Waals surface area contributed by atoms with Crippen LogP contribution >= 0.6 is 0 Å². The van der Waals surface area contributed by atoms with Gasteiger partial charge in [0.1, 0.15) is 6.61 Å². The van der Waals surface area contributed by atoms with E-state index in [-0.39, 0.29) is 18.1 Å².